The van der Waals surface area contributed by atoms with Crippen LogP contribution in [0.1, 0.15) is 46.0 Å². The summed E-state index contributed by atoms with van der Waals surface area (Å²) in [5, 5.41) is 0. The van der Waals surface area contributed by atoms with Gasteiger partial charge in [-0.05, 0) is 12.3 Å². The number of carbonyl (C=O) groups is 3. The van der Waals surface area contributed by atoms with Crippen LogP contribution in [0, 0.1) is 11.8 Å². The lowest BCUT2D eigenvalue weighted by Crippen LogP contribution is -2.58. The van der Waals surface area contributed by atoms with Gasteiger partial charge in [-0.3, -0.25) is 19.4 Å². The zero-order valence-electron chi connectivity index (χ0n) is 12.3. The van der Waals surface area contributed by atoms with E-state index in [0.717, 1.165) is 35.5 Å². The summed E-state index contributed by atoms with van der Waals surface area (Å²) in [5.41, 5.74) is 0. The highest BCUT2D eigenvalue weighted by molar-refractivity contribution is 6.15. The van der Waals surface area contributed by atoms with E-state index in [1.807, 2.05) is 6.92 Å². The number of hydrogen-bond donors (Lipinski definition) is 0. The van der Waals surface area contributed by atoms with Gasteiger partial charge in [0.15, 0.2) is 0 Å². The molecule has 0 N–H and O–H groups in total. The lowest BCUT2D eigenvalue weighted by atomic mass is 9.86. The summed E-state index contributed by atoms with van der Waals surface area (Å²) in [7, 11) is 2.87. The molecule has 0 aliphatic carbocycles. The average molecular weight is 268 g/mol. The Morgan fingerprint density at radius 1 is 1.00 bits per heavy atom. The van der Waals surface area contributed by atoms with Crippen LogP contribution < -0.4 is 0 Å². The van der Waals surface area contributed by atoms with Crippen molar-refractivity contribution in [2.45, 2.75) is 46.0 Å². The number of barbiturate groups is 1. The largest absolute Gasteiger partial charge is 0.332 e. The van der Waals surface area contributed by atoms with Crippen molar-refractivity contribution < 1.29 is 14.4 Å². The normalized spacial score (nSPS) is 19.3. The molecule has 1 fully saturated rings. The smallest absolute Gasteiger partial charge is 0.273 e. The van der Waals surface area contributed by atoms with E-state index < -0.39 is 11.9 Å². The number of amides is 4. The molecule has 1 aliphatic heterocycles. The first-order chi connectivity index (χ1) is 8.91. The minimum absolute atomic E-state index is 0.0187. The number of nitrogens with zero attached hydrogens (tertiary/aromatic N) is 2. The topological polar surface area (TPSA) is 57.7 Å². The maximum Gasteiger partial charge on any atom is 0.332 e. The predicted molar refractivity (Wildman–Crippen MR) is 72.3 cm³/mol. The number of imide groups is 2. The van der Waals surface area contributed by atoms with Crippen LogP contribution >= 0.6 is 0 Å². The summed E-state index contributed by atoms with van der Waals surface area (Å²) in [4.78, 5) is 37.9. The van der Waals surface area contributed by atoms with Crippen LogP contribution in [0.25, 0.3) is 0 Å². The Balaban J connectivity index is 2.66. The van der Waals surface area contributed by atoms with Gasteiger partial charge in [-0.25, -0.2) is 4.79 Å². The Hall–Kier alpha value is -1.39. The van der Waals surface area contributed by atoms with Crippen LogP contribution in [0.2, 0.25) is 0 Å². The van der Waals surface area contributed by atoms with Gasteiger partial charge in [0.1, 0.15) is 5.92 Å². The third-order valence-electron chi connectivity index (χ3n) is 3.85. The molecule has 5 heteroatoms. The van der Waals surface area contributed by atoms with Gasteiger partial charge in [-0.1, -0.05) is 39.5 Å². The molecule has 108 valence electrons. The molecule has 0 aromatic carbocycles. The molecule has 19 heavy (non-hydrogen) atoms. The van der Waals surface area contributed by atoms with Crippen LogP contribution in [-0.2, 0) is 9.59 Å². The fourth-order valence-electron chi connectivity index (χ4n) is 2.48. The van der Waals surface area contributed by atoms with E-state index in [9.17, 15) is 14.4 Å². The molecule has 1 rings (SSSR count). The summed E-state index contributed by atoms with van der Waals surface area (Å²) < 4.78 is 0. The van der Waals surface area contributed by atoms with E-state index in [-0.39, 0.29) is 17.7 Å². The van der Waals surface area contributed by atoms with Crippen molar-refractivity contribution >= 4 is 17.8 Å². The van der Waals surface area contributed by atoms with Crippen molar-refractivity contribution in [1.29, 1.82) is 0 Å². The van der Waals surface area contributed by atoms with Crippen molar-refractivity contribution in [1.82, 2.24) is 9.80 Å². The lowest BCUT2D eigenvalue weighted by molar-refractivity contribution is -0.150. The molecule has 1 saturated heterocycles. The van der Waals surface area contributed by atoms with E-state index in [4.69, 9.17) is 0 Å². The van der Waals surface area contributed by atoms with E-state index in [2.05, 4.69) is 6.92 Å². The quantitative estimate of drug-likeness (QED) is 0.548. The van der Waals surface area contributed by atoms with Crippen LogP contribution in [0.5, 0.6) is 0 Å². The molecule has 0 radical (unpaired) electrons. The molecule has 0 aromatic rings. The van der Waals surface area contributed by atoms with Crippen LogP contribution in [0.4, 0.5) is 4.79 Å². The van der Waals surface area contributed by atoms with Gasteiger partial charge in [0.25, 0.3) is 0 Å². The first-order valence-electron chi connectivity index (χ1n) is 7.00. The number of rotatable bonds is 6. The van der Waals surface area contributed by atoms with Gasteiger partial charge in [-0.2, -0.15) is 0 Å². The maximum absolute atomic E-state index is 12.1. The Morgan fingerprint density at radius 2 is 1.53 bits per heavy atom. The van der Waals surface area contributed by atoms with Crippen molar-refractivity contribution in [3.8, 4) is 0 Å². The first-order valence-corrected chi connectivity index (χ1v) is 7.00. The van der Waals surface area contributed by atoms with Gasteiger partial charge >= 0.3 is 6.03 Å². The van der Waals surface area contributed by atoms with Gasteiger partial charge in [0, 0.05) is 14.1 Å². The second-order valence-corrected chi connectivity index (χ2v) is 5.38. The van der Waals surface area contributed by atoms with Gasteiger partial charge in [-0.15, -0.1) is 0 Å². The van der Waals surface area contributed by atoms with Gasteiger partial charge in [0.05, 0.1) is 0 Å². The van der Waals surface area contributed by atoms with Crippen molar-refractivity contribution in [2.75, 3.05) is 14.1 Å². The monoisotopic (exact) mass is 268 g/mol. The second kappa shape index (κ2) is 6.68. The summed E-state index contributed by atoms with van der Waals surface area (Å²) in [6, 6.07) is -0.538. The molecule has 5 nitrogen and oxygen atoms in total. The lowest BCUT2D eigenvalue weighted by Gasteiger charge is -2.35. The molecule has 0 spiro atoms. The Labute approximate surface area is 114 Å². The molecule has 1 aliphatic rings. The number of hydrogen-bond acceptors (Lipinski definition) is 3. The first kappa shape index (κ1) is 15.7. The highest BCUT2D eigenvalue weighted by atomic mass is 16.2. The predicted octanol–water partition coefficient (Wildman–Crippen LogP) is 2.26. The molecular formula is C14H24N2O3. The number of unbranched alkanes of at least 4 members (excludes halogenated alkanes) is 3. The molecule has 1 unspecified atom stereocenters. The van der Waals surface area contributed by atoms with Crippen molar-refractivity contribution in [3.63, 3.8) is 0 Å². The van der Waals surface area contributed by atoms with Crippen molar-refractivity contribution in [3.05, 3.63) is 0 Å². The van der Waals surface area contributed by atoms with Crippen LogP contribution in [0.15, 0.2) is 0 Å². The molecule has 0 aromatic heterocycles. The van der Waals surface area contributed by atoms with E-state index >= 15 is 0 Å². The fourth-order valence-corrected chi connectivity index (χ4v) is 2.48. The SMILES string of the molecule is CCCCCCC(C)C1C(=O)N(C)C(=O)N(C)C1=O. The Bertz CT molecular complexity index is 344. The van der Waals surface area contributed by atoms with E-state index in [0.29, 0.717) is 0 Å². The average Bonchev–Trinajstić information content (AvgIpc) is 2.39. The van der Waals surface area contributed by atoms with Crippen molar-refractivity contribution in [2.24, 2.45) is 11.8 Å². The minimum atomic E-state index is -0.700. The fraction of sp³-hybridized carbons (Fsp3) is 0.786. The van der Waals surface area contributed by atoms with E-state index in [1.165, 1.54) is 20.5 Å². The summed E-state index contributed by atoms with van der Waals surface area (Å²) in [6.07, 6.45) is 5.33. The van der Waals surface area contributed by atoms with Gasteiger partial charge < -0.3 is 0 Å². The molecular weight excluding hydrogens is 244 g/mol. The molecule has 4 amide bonds. The molecule has 0 saturated carbocycles. The number of urea groups is 1. The van der Waals surface area contributed by atoms with Gasteiger partial charge in [0.2, 0.25) is 11.8 Å². The minimum Gasteiger partial charge on any atom is -0.273 e. The molecule has 0 bridgehead atoms. The maximum atomic E-state index is 12.1. The zero-order chi connectivity index (χ0) is 14.6. The second-order valence-electron chi connectivity index (χ2n) is 5.38. The summed E-state index contributed by atoms with van der Waals surface area (Å²) in [6.45, 7) is 4.07. The third-order valence-corrected chi connectivity index (χ3v) is 3.85. The molecule has 1 atom stereocenters. The summed E-state index contributed by atoms with van der Waals surface area (Å²) >= 11 is 0. The Kier molecular flexibility index (Phi) is 5.51. The number of carbonyl (C=O) groups excluding carboxylic acids is 3. The standard InChI is InChI=1S/C14H24N2O3/c1-5-6-7-8-9-10(2)11-12(17)15(3)14(19)16(4)13(11)18/h10-11H,5-9H2,1-4H3. The Morgan fingerprint density at radius 3 is 2.00 bits per heavy atom. The molecule has 1 heterocycles. The van der Waals surface area contributed by atoms with Crippen LogP contribution in [0.3, 0.4) is 0 Å². The summed E-state index contributed by atoms with van der Waals surface area (Å²) in [5.74, 6) is -1.45. The van der Waals surface area contributed by atoms with E-state index in [1.54, 1.807) is 0 Å². The highest BCUT2D eigenvalue weighted by Gasteiger charge is 2.44. The third kappa shape index (κ3) is 3.33. The zero-order valence-corrected chi connectivity index (χ0v) is 12.3. The van der Waals surface area contributed by atoms with Crippen LogP contribution in [-0.4, -0.2) is 41.7 Å². The highest BCUT2D eigenvalue weighted by Crippen LogP contribution is 2.26.